The summed E-state index contributed by atoms with van der Waals surface area (Å²) in [6, 6.07) is 0. The minimum Gasteiger partial charge on any atom is -0.462 e. The Morgan fingerprint density at radius 1 is 0.525 bits per heavy atom. The summed E-state index contributed by atoms with van der Waals surface area (Å²) in [4.78, 5) is 34.9. The summed E-state index contributed by atoms with van der Waals surface area (Å²) in [5.74, 6) is -0.933. The molecule has 0 spiro atoms. The molecule has 0 radical (unpaired) electrons. The lowest BCUT2D eigenvalue weighted by molar-refractivity contribution is -0.161. The van der Waals surface area contributed by atoms with E-state index in [4.69, 9.17) is 24.3 Å². The second-order valence-corrected chi connectivity index (χ2v) is 16.3. The Labute approximate surface area is 360 Å². The second kappa shape index (κ2) is 44.7. The summed E-state index contributed by atoms with van der Waals surface area (Å²) in [6.07, 6.45) is 56.3. The molecule has 0 fully saturated rings. The Balaban J connectivity index is 4.24. The van der Waals surface area contributed by atoms with E-state index in [1.807, 2.05) is 12.2 Å². The van der Waals surface area contributed by atoms with E-state index in [9.17, 15) is 19.0 Å². The molecule has 0 aromatic heterocycles. The van der Waals surface area contributed by atoms with E-state index in [1.54, 1.807) is 0 Å². The number of esters is 2. The molecule has 0 heterocycles. The van der Waals surface area contributed by atoms with Crippen LogP contribution in [0.5, 0.6) is 0 Å². The number of ether oxygens (including phenoxy) is 2. The van der Waals surface area contributed by atoms with Gasteiger partial charge in [0.1, 0.15) is 6.61 Å². The highest BCUT2D eigenvalue weighted by atomic mass is 31.2. The van der Waals surface area contributed by atoms with Gasteiger partial charge in [-0.15, -0.1) is 0 Å². The number of unbranched alkanes of at least 4 members (excludes halogenated alkanes) is 15. The number of carbonyl (C=O) groups excluding carboxylic acids is 2. The number of hydrogen-bond donors (Lipinski definition) is 2. The number of carbonyl (C=O) groups is 2. The predicted molar refractivity (Wildman–Crippen MR) is 247 cm³/mol. The van der Waals surface area contributed by atoms with E-state index in [-0.39, 0.29) is 32.6 Å². The molecular weight excluding hydrogens is 762 g/mol. The van der Waals surface area contributed by atoms with E-state index < -0.39 is 32.5 Å². The van der Waals surface area contributed by atoms with Crippen molar-refractivity contribution in [3.8, 4) is 0 Å². The van der Waals surface area contributed by atoms with Crippen LogP contribution >= 0.6 is 7.82 Å². The van der Waals surface area contributed by atoms with Crippen LogP contribution in [0.2, 0.25) is 0 Å². The molecule has 0 amide bonds. The van der Waals surface area contributed by atoms with Crippen LogP contribution in [0.25, 0.3) is 0 Å². The van der Waals surface area contributed by atoms with Gasteiger partial charge in [-0.1, -0.05) is 176 Å². The third-order valence-electron chi connectivity index (χ3n) is 9.28. The van der Waals surface area contributed by atoms with Crippen molar-refractivity contribution in [2.75, 3.05) is 26.4 Å². The molecule has 59 heavy (non-hydrogen) atoms. The van der Waals surface area contributed by atoms with Gasteiger partial charge in [0.05, 0.1) is 13.2 Å². The van der Waals surface area contributed by atoms with Crippen molar-refractivity contribution in [1.82, 2.24) is 0 Å². The fraction of sp³-hybridized carbons (Fsp3) is 0.673. The molecule has 9 nitrogen and oxygen atoms in total. The molecule has 0 aromatic rings. The SMILES string of the molecule is CC/C=C/C/C=C/C/C=C/C/C=C/C/C=C/C/C=C/CCC(=O)O[C@H](COC(=O)CCCCCCCCCCC/C=C/CCCCCCCC)COP(=O)(O)OCCN. The van der Waals surface area contributed by atoms with Crippen molar-refractivity contribution in [2.45, 2.75) is 187 Å². The molecule has 0 rings (SSSR count). The van der Waals surface area contributed by atoms with Gasteiger partial charge in [0.25, 0.3) is 0 Å². The first-order valence-electron chi connectivity index (χ1n) is 23.1. The van der Waals surface area contributed by atoms with Crippen molar-refractivity contribution in [3.63, 3.8) is 0 Å². The molecule has 0 saturated heterocycles. The Kier molecular flexibility index (Phi) is 42.6. The van der Waals surface area contributed by atoms with Gasteiger partial charge < -0.3 is 20.1 Å². The van der Waals surface area contributed by atoms with Crippen LogP contribution in [0.4, 0.5) is 0 Å². The maximum atomic E-state index is 12.6. The van der Waals surface area contributed by atoms with Crippen LogP contribution in [-0.4, -0.2) is 49.3 Å². The molecule has 0 aliphatic carbocycles. The number of rotatable bonds is 42. The normalized spacial score (nSPS) is 14.0. The summed E-state index contributed by atoms with van der Waals surface area (Å²) in [6.45, 7) is 3.52. The lowest BCUT2D eigenvalue weighted by atomic mass is 10.1. The van der Waals surface area contributed by atoms with Gasteiger partial charge in [0.2, 0.25) is 0 Å². The van der Waals surface area contributed by atoms with Gasteiger partial charge in [-0.3, -0.25) is 18.6 Å². The number of phosphoric acid groups is 1. The van der Waals surface area contributed by atoms with Crippen molar-refractivity contribution in [2.24, 2.45) is 5.73 Å². The van der Waals surface area contributed by atoms with Crippen molar-refractivity contribution in [1.29, 1.82) is 0 Å². The molecule has 338 valence electrons. The van der Waals surface area contributed by atoms with E-state index in [0.29, 0.717) is 6.42 Å². The summed E-state index contributed by atoms with van der Waals surface area (Å²) in [7, 11) is -4.40. The van der Waals surface area contributed by atoms with Crippen molar-refractivity contribution >= 4 is 19.8 Å². The molecule has 10 heteroatoms. The summed E-state index contributed by atoms with van der Waals surface area (Å²) >= 11 is 0. The number of nitrogens with two attached hydrogens (primary N) is 1. The van der Waals surface area contributed by atoms with Crippen molar-refractivity contribution in [3.05, 3.63) is 85.1 Å². The maximum Gasteiger partial charge on any atom is 0.472 e. The van der Waals surface area contributed by atoms with Gasteiger partial charge in [-0.25, -0.2) is 4.57 Å². The molecule has 0 aliphatic rings. The van der Waals surface area contributed by atoms with Gasteiger partial charge in [0.15, 0.2) is 6.10 Å². The van der Waals surface area contributed by atoms with E-state index in [0.717, 1.165) is 64.2 Å². The van der Waals surface area contributed by atoms with Crippen LogP contribution in [-0.2, 0) is 32.7 Å². The first kappa shape index (κ1) is 56.2. The monoisotopic (exact) mass is 846 g/mol. The quantitative estimate of drug-likeness (QED) is 0.0266. The van der Waals surface area contributed by atoms with Crippen LogP contribution < -0.4 is 5.73 Å². The fourth-order valence-electron chi connectivity index (χ4n) is 5.89. The van der Waals surface area contributed by atoms with Gasteiger partial charge >= 0.3 is 19.8 Å². The molecule has 0 aliphatic heterocycles. The third kappa shape index (κ3) is 44.6. The smallest absolute Gasteiger partial charge is 0.462 e. The largest absolute Gasteiger partial charge is 0.472 e. The lowest BCUT2D eigenvalue weighted by Crippen LogP contribution is -2.29. The zero-order chi connectivity index (χ0) is 43.2. The zero-order valence-corrected chi connectivity index (χ0v) is 38.1. The van der Waals surface area contributed by atoms with E-state index in [1.165, 1.54) is 83.5 Å². The first-order valence-corrected chi connectivity index (χ1v) is 24.6. The molecule has 2 atom stereocenters. The lowest BCUT2D eigenvalue weighted by Gasteiger charge is -2.19. The average Bonchev–Trinajstić information content (AvgIpc) is 3.22. The molecule has 0 saturated carbocycles. The summed E-state index contributed by atoms with van der Waals surface area (Å²) in [5.41, 5.74) is 5.35. The molecule has 3 N–H and O–H groups in total. The summed E-state index contributed by atoms with van der Waals surface area (Å²) in [5, 5.41) is 0. The molecule has 0 bridgehead atoms. The van der Waals surface area contributed by atoms with Crippen LogP contribution in [0.3, 0.4) is 0 Å². The Hall–Kier alpha value is -2.81. The summed E-state index contributed by atoms with van der Waals surface area (Å²) < 4.78 is 32.7. The number of hydrogen-bond acceptors (Lipinski definition) is 8. The minimum absolute atomic E-state index is 0.0377. The predicted octanol–water partition coefficient (Wildman–Crippen LogP) is 13.6. The standard InChI is InChI=1S/C49H84NO8P/c1-3-5-7-9-11-13-15-17-19-21-23-25-27-29-31-33-35-37-39-41-48(51)55-45-47(46-57-59(53,54)56-44-43-50)58-49(52)42-40-38-36-34-32-30-28-26-24-22-20-18-16-14-12-10-8-6-4-2/h6,8,12,14,17-20,24,26,30,32,36,38,47H,3-5,7,9-11,13,15-16,21-23,25,27-29,31,33-35,37,39-46,50H2,1-2H3,(H,53,54)/b8-6+,14-12+,19-17+,20-18+,26-24+,32-30+,38-36+/t47-/m1/s1. The number of phosphoric ester groups is 1. The van der Waals surface area contributed by atoms with Gasteiger partial charge in [0, 0.05) is 19.4 Å². The molecule has 0 aromatic carbocycles. The van der Waals surface area contributed by atoms with Gasteiger partial charge in [-0.05, 0) is 77.0 Å². The third-order valence-corrected chi connectivity index (χ3v) is 10.3. The Morgan fingerprint density at radius 3 is 1.46 bits per heavy atom. The van der Waals surface area contributed by atoms with Crippen molar-refractivity contribution < 1.29 is 37.6 Å². The Bertz CT molecular complexity index is 1240. The van der Waals surface area contributed by atoms with E-state index >= 15 is 0 Å². The fourth-order valence-corrected chi connectivity index (χ4v) is 6.65. The van der Waals surface area contributed by atoms with Gasteiger partial charge in [-0.2, -0.15) is 0 Å². The van der Waals surface area contributed by atoms with Crippen LogP contribution in [0, 0.1) is 0 Å². The number of allylic oxidation sites excluding steroid dienone is 14. The zero-order valence-electron chi connectivity index (χ0n) is 37.2. The van der Waals surface area contributed by atoms with E-state index in [2.05, 4.69) is 86.8 Å². The Morgan fingerprint density at radius 2 is 0.966 bits per heavy atom. The maximum absolute atomic E-state index is 12.6. The highest BCUT2D eigenvalue weighted by Crippen LogP contribution is 2.43. The molecule has 1 unspecified atom stereocenters. The highest BCUT2D eigenvalue weighted by Gasteiger charge is 2.25. The first-order chi connectivity index (χ1) is 28.8. The molecular formula is C49H84NO8P. The average molecular weight is 846 g/mol. The van der Waals surface area contributed by atoms with Crippen LogP contribution in [0.15, 0.2) is 85.1 Å². The highest BCUT2D eigenvalue weighted by molar-refractivity contribution is 7.47. The second-order valence-electron chi connectivity index (χ2n) is 14.9. The minimum atomic E-state index is -4.40. The topological polar surface area (TPSA) is 134 Å². The van der Waals surface area contributed by atoms with Crippen LogP contribution in [0.1, 0.15) is 181 Å².